The fourth-order valence-corrected chi connectivity index (χ4v) is 4.82. The van der Waals surface area contributed by atoms with Crippen molar-refractivity contribution in [3.05, 3.63) is 79.4 Å². The van der Waals surface area contributed by atoms with Gasteiger partial charge in [-0.15, -0.1) is 0 Å². The van der Waals surface area contributed by atoms with Gasteiger partial charge in [-0.2, -0.15) is 0 Å². The number of aromatic nitrogens is 2. The predicted molar refractivity (Wildman–Crippen MR) is 142 cm³/mol. The van der Waals surface area contributed by atoms with E-state index in [4.69, 9.17) is 0 Å². The van der Waals surface area contributed by atoms with Gasteiger partial charge in [0.05, 0.1) is 6.33 Å². The van der Waals surface area contributed by atoms with E-state index in [-0.39, 0.29) is 0 Å². The molecule has 3 rings (SSSR count). The minimum atomic E-state index is 0.502. The lowest BCUT2D eigenvalue weighted by atomic mass is 9.34. The lowest BCUT2D eigenvalue weighted by Crippen LogP contribution is -2.44. The number of hydrogen-bond acceptors (Lipinski definition) is 1. The highest BCUT2D eigenvalue weighted by Gasteiger charge is 2.21. The Labute approximate surface area is 197 Å². The van der Waals surface area contributed by atoms with E-state index >= 15 is 0 Å². The summed E-state index contributed by atoms with van der Waals surface area (Å²) in [5, 5.41) is 0. The van der Waals surface area contributed by atoms with Gasteiger partial charge < -0.3 is 4.57 Å². The molecule has 0 radical (unpaired) electrons. The van der Waals surface area contributed by atoms with Gasteiger partial charge in [0.15, 0.2) is 0 Å². The lowest BCUT2D eigenvalue weighted by Gasteiger charge is -2.21. The first kappa shape index (κ1) is 26.0. The van der Waals surface area contributed by atoms with Crippen LogP contribution in [0.4, 0.5) is 0 Å². The molecule has 0 aliphatic heterocycles. The van der Waals surface area contributed by atoms with Crippen molar-refractivity contribution in [1.82, 2.24) is 9.55 Å². The van der Waals surface area contributed by atoms with Gasteiger partial charge in [-0.1, -0.05) is 125 Å². The molecule has 172 valence electrons. The standard InChI is InChI=1S/C15H17B.C14H26N2/c1-13(2)16(14-9-5-3-6-10-14)15-11-7-4-8-12-15;1-5-14(9-13(4)8-12(2)3)10-16-7-6-15-11-16/h3-13H,1-2H3;6-7,11-14H,5,8-10H2,1-4H3. The molecule has 2 aromatic carbocycles. The van der Waals surface area contributed by atoms with Crippen LogP contribution in [0.25, 0.3) is 0 Å². The highest BCUT2D eigenvalue weighted by Crippen LogP contribution is 2.22. The van der Waals surface area contributed by atoms with Gasteiger partial charge in [-0.25, -0.2) is 4.98 Å². The van der Waals surface area contributed by atoms with Gasteiger partial charge in [-0.3, -0.25) is 0 Å². The first-order chi connectivity index (χ1) is 15.4. The van der Waals surface area contributed by atoms with Crippen LogP contribution in [0.2, 0.25) is 5.82 Å². The Morgan fingerprint density at radius 2 is 1.38 bits per heavy atom. The molecule has 0 amide bonds. The summed E-state index contributed by atoms with van der Waals surface area (Å²) in [6.45, 7) is 15.5. The normalized spacial score (nSPS) is 12.9. The van der Waals surface area contributed by atoms with E-state index in [1.165, 1.54) is 30.2 Å². The minimum Gasteiger partial charge on any atom is -0.337 e. The molecular formula is C29H43BN2. The van der Waals surface area contributed by atoms with Crippen LogP contribution in [0.3, 0.4) is 0 Å². The number of imidazole rings is 1. The third-order valence-corrected chi connectivity index (χ3v) is 6.20. The maximum absolute atomic E-state index is 4.10. The Hall–Kier alpha value is -2.29. The van der Waals surface area contributed by atoms with Crippen LogP contribution in [0.1, 0.15) is 60.8 Å². The van der Waals surface area contributed by atoms with Gasteiger partial charge in [0.25, 0.3) is 0 Å². The number of benzene rings is 2. The average Bonchev–Trinajstić information content (AvgIpc) is 3.28. The molecule has 32 heavy (non-hydrogen) atoms. The molecule has 0 aliphatic rings. The molecule has 0 N–H and O–H groups in total. The Morgan fingerprint density at radius 3 is 1.78 bits per heavy atom. The van der Waals surface area contributed by atoms with Gasteiger partial charge in [0.1, 0.15) is 0 Å². The van der Waals surface area contributed by atoms with Gasteiger partial charge in [0.2, 0.25) is 6.71 Å². The Morgan fingerprint density at radius 1 is 0.812 bits per heavy atom. The maximum Gasteiger partial charge on any atom is 0.211 e. The summed E-state index contributed by atoms with van der Waals surface area (Å²) in [7, 11) is 0. The molecule has 0 spiro atoms. The largest absolute Gasteiger partial charge is 0.337 e. The molecule has 3 aromatic rings. The van der Waals surface area contributed by atoms with Crippen molar-refractivity contribution >= 4 is 17.6 Å². The molecule has 3 heteroatoms. The highest BCUT2D eigenvalue weighted by molar-refractivity contribution is 6.86. The van der Waals surface area contributed by atoms with Crippen LogP contribution in [0, 0.1) is 17.8 Å². The van der Waals surface area contributed by atoms with Crippen LogP contribution < -0.4 is 10.9 Å². The van der Waals surface area contributed by atoms with E-state index in [1.54, 1.807) is 0 Å². The molecule has 2 nitrogen and oxygen atoms in total. The van der Waals surface area contributed by atoms with Crippen molar-refractivity contribution in [1.29, 1.82) is 0 Å². The molecule has 2 atom stereocenters. The van der Waals surface area contributed by atoms with E-state index < -0.39 is 0 Å². The second-order valence-electron chi connectivity index (χ2n) is 10.0. The first-order valence-corrected chi connectivity index (χ1v) is 12.5. The van der Waals surface area contributed by atoms with Gasteiger partial charge in [0, 0.05) is 18.9 Å². The molecule has 2 unspecified atom stereocenters. The molecule has 0 bridgehead atoms. The summed E-state index contributed by atoms with van der Waals surface area (Å²) in [6, 6.07) is 21.5. The first-order valence-electron chi connectivity index (χ1n) is 12.5. The molecule has 1 aromatic heterocycles. The zero-order valence-corrected chi connectivity index (χ0v) is 21.1. The average molecular weight is 430 g/mol. The monoisotopic (exact) mass is 430 g/mol. The van der Waals surface area contributed by atoms with Crippen LogP contribution in [0.5, 0.6) is 0 Å². The van der Waals surface area contributed by atoms with Crippen molar-refractivity contribution in [3.63, 3.8) is 0 Å². The van der Waals surface area contributed by atoms with Crippen molar-refractivity contribution < 1.29 is 0 Å². The molecule has 0 saturated heterocycles. The van der Waals surface area contributed by atoms with E-state index in [0.29, 0.717) is 12.5 Å². The van der Waals surface area contributed by atoms with E-state index in [2.05, 4.69) is 118 Å². The topological polar surface area (TPSA) is 17.8 Å². The third kappa shape index (κ3) is 9.06. The third-order valence-electron chi connectivity index (χ3n) is 6.20. The zero-order valence-electron chi connectivity index (χ0n) is 21.1. The Kier molecular flexibility index (Phi) is 11.3. The maximum atomic E-state index is 4.10. The molecule has 0 saturated carbocycles. The molecule has 0 fully saturated rings. The Bertz CT molecular complexity index is 789. The van der Waals surface area contributed by atoms with Gasteiger partial charge >= 0.3 is 0 Å². The Balaban J connectivity index is 0.000000227. The smallest absolute Gasteiger partial charge is 0.211 e. The van der Waals surface area contributed by atoms with Crippen molar-refractivity contribution in [2.75, 3.05) is 0 Å². The van der Waals surface area contributed by atoms with Crippen LogP contribution in [-0.4, -0.2) is 16.3 Å². The number of rotatable bonds is 10. The SMILES string of the molecule is CC(C)B(c1ccccc1)c1ccccc1.CCC(CC(C)CC(C)C)Cn1ccnc1. The quantitative estimate of drug-likeness (QED) is 0.328. The predicted octanol–water partition coefficient (Wildman–Crippen LogP) is 6.69. The summed E-state index contributed by atoms with van der Waals surface area (Å²) < 4.78 is 2.20. The van der Waals surface area contributed by atoms with E-state index in [9.17, 15) is 0 Å². The fourth-order valence-electron chi connectivity index (χ4n) is 4.82. The molecular weight excluding hydrogens is 387 g/mol. The molecule has 0 aliphatic carbocycles. The second kappa shape index (κ2) is 14.0. The molecule has 1 heterocycles. The van der Waals surface area contributed by atoms with Crippen molar-refractivity contribution in [2.45, 2.75) is 73.2 Å². The lowest BCUT2D eigenvalue weighted by molar-refractivity contribution is 0.307. The highest BCUT2D eigenvalue weighted by atomic mass is 15.0. The van der Waals surface area contributed by atoms with Crippen LogP contribution >= 0.6 is 0 Å². The zero-order chi connectivity index (χ0) is 23.3. The van der Waals surface area contributed by atoms with Crippen molar-refractivity contribution in [2.24, 2.45) is 17.8 Å². The van der Waals surface area contributed by atoms with E-state index in [0.717, 1.165) is 24.3 Å². The summed E-state index contributed by atoms with van der Waals surface area (Å²) in [5.41, 5.74) is 2.81. The van der Waals surface area contributed by atoms with Crippen molar-refractivity contribution in [3.8, 4) is 0 Å². The number of hydrogen-bond donors (Lipinski definition) is 0. The summed E-state index contributed by atoms with van der Waals surface area (Å²) in [4.78, 5) is 4.10. The van der Waals surface area contributed by atoms with E-state index in [1.807, 2.05) is 12.5 Å². The summed E-state index contributed by atoms with van der Waals surface area (Å²) in [5.74, 6) is 3.07. The van der Waals surface area contributed by atoms with Gasteiger partial charge in [-0.05, 0) is 30.6 Å². The van der Waals surface area contributed by atoms with Crippen LogP contribution in [0.15, 0.2) is 79.4 Å². The summed E-state index contributed by atoms with van der Waals surface area (Å²) in [6.07, 6.45) is 9.81. The summed E-state index contributed by atoms with van der Waals surface area (Å²) >= 11 is 0. The fraction of sp³-hybridized carbons (Fsp3) is 0.483. The number of nitrogens with zero attached hydrogens (tertiary/aromatic N) is 2. The minimum absolute atomic E-state index is 0.502. The second-order valence-corrected chi connectivity index (χ2v) is 10.0. The van der Waals surface area contributed by atoms with Crippen LogP contribution in [-0.2, 0) is 6.54 Å².